The third-order valence-corrected chi connectivity index (χ3v) is 0. The molecule has 0 saturated heterocycles. The molecule has 0 amide bonds. The molecular weight excluding hydrogens is 222 g/mol. The predicted molar refractivity (Wildman–Crippen MR) is 29.5 cm³/mol. The largest absolute Gasteiger partial charge is 1.00 e. The van der Waals surface area contributed by atoms with Crippen LogP contribution in [0.25, 0.3) is 0 Å². The zero-order chi connectivity index (χ0) is 4.50. The molecular formula is H3K2O3S3+. The third kappa shape index (κ3) is 51.4. The molecule has 0 rings (SSSR count). The van der Waals surface area contributed by atoms with E-state index in [4.69, 9.17) is 13.3 Å². The Morgan fingerprint density at radius 2 is 1.25 bits per heavy atom. The maximum Gasteiger partial charge on any atom is 1.00 e. The molecule has 0 atom stereocenters. The van der Waals surface area contributed by atoms with E-state index in [0.717, 1.165) is 0 Å². The van der Waals surface area contributed by atoms with Crippen molar-refractivity contribution >= 4 is 33.7 Å². The van der Waals surface area contributed by atoms with Crippen molar-refractivity contribution in [3.8, 4) is 0 Å². The van der Waals surface area contributed by atoms with E-state index in [-0.39, 0.29) is 116 Å². The second kappa shape index (κ2) is 10.9. The van der Waals surface area contributed by atoms with Gasteiger partial charge in [0.2, 0.25) is 0 Å². The van der Waals surface area contributed by atoms with Crippen LogP contribution in [0.3, 0.4) is 0 Å². The Morgan fingerprint density at radius 1 is 1.25 bits per heavy atom. The van der Waals surface area contributed by atoms with Gasteiger partial charge in [0.15, 0.2) is 0 Å². The molecule has 0 radical (unpaired) electrons. The fourth-order valence-electron chi connectivity index (χ4n) is 0. The van der Waals surface area contributed by atoms with E-state index in [9.17, 15) is 0 Å². The molecule has 0 aliphatic rings. The molecule has 0 saturated carbocycles. The van der Waals surface area contributed by atoms with Gasteiger partial charge in [0.05, 0.1) is 0 Å². The summed E-state index contributed by atoms with van der Waals surface area (Å²) in [5, 5.41) is 0. The summed E-state index contributed by atoms with van der Waals surface area (Å²) in [5.74, 6) is 0. The van der Waals surface area contributed by atoms with Crippen LogP contribution < -0.4 is 103 Å². The van der Waals surface area contributed by atoms with E-state index in [1.165, 1.54) is 0 Å². The smallest absolute Gasteiger partial charge is 0.813 e. The van der Waals surface area contributed by atoms with Crippen LogP contribution in [0.15, 0.2) is 0 Å². The molecule has 0 unspecified atom stereocenters. The quantitative estimate of drug-likeness (QED) is 0.244. The number of hydrogen-bond acceptors (Lipinski definition) is 3. The van der Waals surface area contributed by atoms with Crippen LogP contribution >= 0.6 is 0 Å². The van der Waals surface area contributed by atoms with Gasteiger partial charge < -0.3 is 13.5 Å². The molecule has 0 bridgehead atoms. The molecule has 2 N–H and O–H groups in total. The Balaban J connectivity index is -0.0000000267. The van der Waals surface area contributed by atoms with Crippen LogP contribution in [-0.4, -0.2) is 13.3 Å². The van der Waals surface area contributed by atoms with Crippen molar-refractivity contribution in [1.82, 2.24) is 0 Å². The van der Waals surface area contributed by atoms with E-state index in [1.807, 2.05) is 0 Å². The van der Waals surface area contributed by atoms with E-state index < -0.39 is 9.05 Å². The SMILES string of the molecule is O=S(O)(O)=S.[K+].[K+].[SH-]. The molecule has 0 heterocycles. The van der Waals surface area contributed by atoms with Crippen LogP contribution in [0.4, 0.5) is 0 Å². The Hall–Kier alpha value is 3.91. The molecule has 8 heteroatoms. The van der Waals surface area contributed by atoms with E-state index >= 15 is 0 Å². The summed E-state index contributed by atoms with van der Waals surface area (Å²) < 4.78 is 24.0. The maximum atomic E-state index is 9.11. The monoisotopic (exact) mass is 225 g/mol. The first-order valence-electron chi connectivity index (χ1n) is 0.698. The van der Waals surface area contributed by atoms with Crippen molar-refractivity contribution in [2.24, 2.45) is 0 Å². The molecule has 0 aliphatic carbocycles. The summed E-state index contributed by atoms with van der Waals surface area (Å²) in [5.41, 5.74) is 0. The Morgan fingerprint density at radius 3 is 1.25 bits per heavy atom. The van der Waals surface area contributed by atoms with Gasteiger partial charge in [-0.25, -0.2) is 0 Å². The van der Waals surface area contributed by atoms with Crippen LogP contribution in [0, 0.1) is 0 Å². The molecule has 0 spiro atoms. The second-order valence-electron chi connectivity index (χ2n) is 0.448. The summed E-state index contributed by atoms with van der Waals surface area (Å²) in [6.45, 7) is 0. The fourth-order valence-corrected chi connectivity index (χ4v) is 0. The molecule has 0 aliphatic heterocycles. The molecule has 0 aromatic rings. The fraction of sp³-hybridized carbons (Fsp3) is 0. The zero-order valence-electron chi connectivity index (χ0n) is 4.57. The average Bonchev–Trinajstić information content (AvgIpc) is 0.722. The van der Waals surface area contributed by atoms with Crippen molar-refractivity contribution in [1.29, 1.82) is 0 Å². The zero-order valence-corrected chi connectivity index (χ0v) is 13.3. The van der Waals surface area contributed by atoms with Crippen molar-refractivity contribution in [3.63, 3.8) is 0 Å². The van der Waals surface area contributed by atoms with Crippen LogP contribution in [0.1, 0.15) is 0 Å². The van der Waals surface area contributed by atoms with Gasteiger partial charge in [-0.15, -0.1) is 0 Å². The second-order valence-corrected chi connectivity index (χ2v) is 2.65. The van der Waals surface area contributed by atoms with Crippen molar-refractivity contribution in [2.75, 3.05) is 0 Å². The van der Waals surface area contributed by atoms with Gasteiger partial charge in [-0.2, -0.15) is 4.21 Å². The summed E-state index contributed by atoms with van der Waals surface area (Å²) >= 11 is 3.47. The van der Waals surface area contributed by atoms with Crippen molar-refractivity contribution in [3.05, 3.63) is 0 Å². The van der Waals surface area contributed by atoms with E-state index in [1.54, 1.807) is 0 Å². The Labute approximate surface area is 145 Å². The standard InChI is InChI=1S/2K.H2O3S2.H2S/c;;1-5(2,3)4;/h;;(H2,1,2,3,4);1H2/q2*+1;;/p-1. The molecule has 8 heavy (non-hydrogen) atoms. The Bertz CT molecular complexity index is 95.7. The van der Waals surface area contributed by atoms with Crippen LogP contribution in [-0.2, 0) is 33.7 Å². The van der Waals surface area contributed by atoms with Crippen molar-refractivity contribution in [2.45, 2.75) is 0 Å². The predicted octanol–water partition coefficient (Wildman–Crippen LogP) is -6.58. The molecule has 0 fully saturated rings. The number of rotatable bonds is 0. The summed E-state index contributed by atoms with van der Waals surface area (Å²) in [6, 6.07) is 0. The average molecular weight is 225 g/mol. The first kappa shape index (κ1) is 22.7. The van der Waals surface area contributed by atoms with Gasteiger partial charge in [0, 0.05) is 11.2 Å². The van der Waals surface area contributed by atoms with Crippen LogP contribution in [0.5, 0.6) is 0 Å². The topological polar surface area (TPSA) is 57.5 Å². The summed E-state index contributed by atoms with van der Waals surface area (Å²) in [7, 11) is -3.83. The van der Waals surface area contributed by atoms with E-state index in [0.29, 0.717) is 0 Å². The molecule has 0 aromatic heterocycles. The summed E-state index contributed by atoms with van der Waals surface area (Å²) in [4.78, 5) is 0. The Kier molecular flexibility index (Phi) is 30.9. The minimum atomic E-state index is -3.83. The molecule has 3 nitrogen and oxygen atoms in total. The first-order valence-corrected chi connectivity index (χ1v) is 3.10. The maximum absolute atomic E-state index is 9.11. The van der Waals surface area contributed by atoms with Crippen LogP contribution in [0.2, 0.25) is 0 Å². The first-order chi connectivity index (χ1) is 2.00. The van der Waals surface area contributed by atoms with Gasteiger partial charge in [-0.05, 0) is 0 Å². The van der Waals surface area contributed by atoms with Gasteiger partial charge >= 0.3 is 103 Å². The van der Waals surface area contributed by atoms with Gasteiger partial charge in [-0.1, -0.05) is 0 Å². The summed E-state index contributed by atoms with van der Waals surface area (Å²) in [6.07, 6.45) is 0. The van der Waals surface area contributed by atoms with Crippen molar-refractivity contribution < 1.29 is 116 Å². The third-order valence-electron chi connectivity index (χ3n) is 0. The molecule has 40 valence electrons. The number of hydrogen-bond donors (Lipinski definition) is 2. The minimum absolute atomic E-state index is 0. The number of thiol groups is 1. The molecule has 0 aromatic carbocycles. The minimum Gasteiger partial charge on any atom is -0.813 e. The van der Waals surface area contributed by atoms with Gasteiger partial charge in [0.25, 0.3) is 9.05 Å². The van der Waals surface area contributed by atoms with Gasteiger partial charge in [-0.3, -0.25) is 9.11 Å². The van der Waals surface area contributed by atoms with Gasteiger partial charge in [0.1, 0.15) is 0 Å². The normalized spacial score (nSPS) is 7.25. The van der Waals surface area contributed by atoms with E-state index in [2.05, 4.69) is 11.2 Å².